The van der Waals surface area contributed by atoms with Crippen molar-refractivity contribution in [2.45, 2.75) is 25.4 Å². The molecule has 2 aromatic rings. The minimum Gasteiger partial charge on any atom is -0.586 e. The zero-order chi connectivity index (χ0) is 17.7. The standard InChI is InChI=1S/C17H21BN4OS2/c1-11-2-3-13-14(8-11)25-16(20-13)21-15(24)19-9-17(23)10-22(18)6-4-12(17)5-7-22/h2-3,8,12,23H,4-7,9-10H2,1H3,(H-,19,20,21,24)/q-1/p+1. The van der Waals surface area contributed by atoms with E-state index in [1.807, 2.05) is 6.07 Å². The molecule has 0 aliphatic carbocycles. The van der Waals surface area contributed by atoms with Crippen LogP contribution in [0, 0.1) is 12.8 Å². The summed E-state index contributed by atoms with van der Waals surface area (Å²) in [5.41, 5.74) is 1.39. The number of anilines is 1. The van der Waals surface area contributed by atoms with Crippen molar-refractivity contribution < 1.29 is 9.50 Å². The molecule has 1 unspecified atom stereocenters. The average molecular weight is 373 g/mol. The van der Waals surface area contributed by atoms with E-state index in [1.165, 1.54) is 5.56 Å². The molecule has 0 saturated carbocycles. The number of fused-ring (bicyclic) bond motifs is 4. The minimum absolute atomic E-state index is 0.303. The van der Waals surface area contributed by atoms with Crippen molar-refractivity contribution in [3.05, 3.63) is 23.8 Å². The lowest BCUT2D eigenvalue weighted by atomic mass is 9.72. The van der Waals surface area contributed by atoms with Crippen molar-refractivity contribution in [1.82, 2.24) is 10.3 Å². The van der Waals surface area contributed by atoms with Gasteiger partial charge in [0.2, 0.25) is 0 Å². The molecule has 1 aromatic heterocycles. The normalized spacial score (nSPS) is 31.2. The molecule has 5 nitrogen and oxygen atoms in total. The number of benzene rings is 1. The molecular formula is C17H22BN4OS2. The Morgan fingerprint density at radius 3 is 2.96 bits per heavy atom. The number of thiocarbonyl (C=S) groups is 1. The molecule has 2 bridgehead atoms. The lowest BCUT2D eigenvalue weighted by Crippen LogP contribution is -2.70. The average Bonchev–Trinajstić information content (AvgIpc) is 2.94. The van der Waals surface area contributed by atoms with Crippen LogP contribution in [0.1, 0.15) is 18.4 Å². The molecule has 3 aliphatic heterocycles. The third-order valence-electron chi connectivity index (χ3n) is 5.51. The lowest BCUT2D eigenvalue weighted by Gasteiger charge is -2.64. The van der Waals surface area contributed by atoms with Gasteiger partial charge in [-0.05, 0) is 49.7 Å². The van der Waals surface area contributed by atoms with Gasteiger partial charge in [0, 0.05) is 19.0 Å². The highest BCUT2D eigenvalue weighted by Gasteiger charge is 2.48. The van der Waals surface area contributed by atoms with E-state index in [4.69, 9.17) is 20.2 Å². The number of aryl methyl sites for hydroxylation is 1. The number of rotatable bonds is 3. The lowest BCUT2D eigenvalue weighted by molar-refractivity contribution is -0.846. The summed E-state index contributed by atoms with van der Waals surface area (Å²) in [6, 6.07) is 6.19. The summed E-state index contributed by atoms with van der Waals surface area (Å²) in [5.74, 6) is 0.303. The Kier molecular flexibility index (Phi) is 4.26. The molecule has 3 N–H and O–H groups in total. The maximum Gasteiger partial charge on any atom is 0.190 e. The number of hydrogen-bond acceptors (Lipinski definition) is 4. The Balaban J connectivity index is 1.39. The van der Waals surface area contributed by atoms with Crippen LogP contribution in [0.4, 0.5) is 5.13 Å². The molecule has 5 rings (SSSR count). The monoisotopic (exact) mass is 373 g/mol. The largest absolute Gasteiger partial charge is 0.586 e. The van der Waals surface area contributed by atoms with Gasteiger partial charge in [-0.1, -0.05) is 17.4 Å². The molecule has 3 radical (unpaired) electrons. The molecule has 1 atom stereocenters. The van der Waals surface area contributed by atoms with E-state index in [-0.39, 0.29) is 0 Å². The maximum atomic E-state index is 11.0. The van der Waals surface area contributed by atoms with Crippen LogP contribution in [-0.4, -0.2) is 59.4 Å². The molecular weight excluding hydrogens is 351 g/mol. The Hall–Kier alpha value is -1.22. The van der Waals surface area contributed by atoms with E-state index in [0.717, 1.165) is 41.3 Å². The zero-order valence-electron chi connectivity index (χ0n) is 14.3. The van der Waals surface area contributed by atoms with Gasteiger partial charge >= 0.3 is 0 Å². The van der Waals surface area contributed by atoms with Crippen LogP contribution < -0.4 is 10.6 Å². The highest BCUT2D eigenvalue weighted by Crippen LogP contribution is 2.38. The number of piperidine rings is 3. The number of aliphatic hydroxyl groups is 1. The molecule has 1 aromatic carbocycles. The predicted octanol–water partition coefficient (Wildman–Crippen LogP) is 1.95. The SMILES string of the molecule is [B-][N+]12CCC(CC1)C(O)(CNC(=S)Nc1nc3ccc(C)cc3s1)C2. The summed E-state index contributed by atoms with van der Waals surface area (Å²) in [4.78, 5) is 4.55. The maximum absolute atomic E-state index is 11.0. The molecule has 3 saturated heterocycles. The van der Waals surface area contributed by atoms with E-state index in [0.29, 0.717) is 28.5 Å². The fourth-order valence-corrected chi connectivity index (χ4v) is 5.31. The van der Waals surface area contributed by atoms with E-state index in [2.05, 4.69) is 34.7 Å². The van der Waals surface area contributed by atoms with Gasteiger partial charge in [-0.15, -0.1) is 0 Å². The van der Waals surface area contributed by atoms with Gasteiger partial charge in [-0.2, -0.15) is 0 Å². The van der Waals surface area contributed by atoms with Crippen molar-refractivity contribution in [3.63, 3.8) is 0 Å². The molecule has 8 heteroatoms. The van der Waals surface area contributed by atoms with E-state index in [1.54, 1.807) is 11.3 Å². The van der Waals surface area contributed by atoms with Gasteiger partial charge in [0.25, 0.3) is 0 Å². The summed E-state index contributed by atoms with van der Waals surface area (Å²) in [5, 5.41) is 18.6. The fraction of sp³-hybridized carbons (Fsp3) is 0.529. The van der Waals surface area contributed by atoms with Gasteiger partial charge in [-0.3, -0.25) is 0 Å². The molecule has 3 aliphatic rings. The third-order valence-corrected chi connectivity index (χ3v) is 6.69. The van der Waals surface area contributed by atoms with Crippen LogP contribution in [0.15, 0.2) is 18.2 Å². The van der Waals surface area contributed by atoms with Gasteiger partial charge in [-0.25, -0.2) is 13.0 Å². The van der Waals surface area contributed by atoms with Crippen LogP contribution in [0.5, 0.6) is 0 Å². The number of quaternary nitrogens is 1. The minimum atomic E-state index is -0.790. The molecule has 131 valence electrons. The second-order valence-corrected chi connectivity index (χ2v) is 8.94. The summed E-state index contributed by atoms with van der Waals surface area (Å²) < 4.78 is 1.61. The third kappa shape index (κ3) is 3.40. The smallest absolute Gasteiger partial charge is 0.190 e. The summed E-state index contributed by atoms with van der Waals surface area (Å²) >= 11 is 6.97. The van der Waals surface area contributed by atoms with Gasteiger partial charge < -0.3 is 20.1 Å². The first kappa shape index (κ1) is 17.2. The summed E-state index contributed by atoms with van der Waals surface area (Å²) in [6.45, 7) is 5.00. The Morgan fingerprint density at radius 1 is 1.48 bits per heavy atom. The first-order valence-corrected chi connectivity index (χ1v) is 9.87. The van der Waals surface area contributed by atoms with Crippen molar-refractivity contribution in [1.29, 1.82) is 0 Å². The topological polar surface area (TPSA) is 57.2 Å². The van der Waals surface area contributed by atoms with Crippen molar-refractivity contribution in [3.8, 4) is 0 Å². The second-order valence-electron chi connectivity index (χ2n) is 7.50. The predicted molar refractivity (Wildman–Crippen MR) is 107 cm³/mol. The first-order chi connectivity index (χ1) is 11.9. The number of aromatic nitrogens is 1. The van der Waals surface area contributed by atoms with Crippen molar-refractivity contribution >= 4 is 52.0 Å². The summed E-state index contributed by atoms with van der Waals surface area (Å²) in [7, 11) is 6.35. The number of nitrogens with zero attached hydrogens (tertiary/aromatic N) is 2. The Bertz CT molecular complexity index is 818. The van der Waals surface area contributed by atoms with Crippen LogP contribution in [-0.2, 0) is 0 Å². The van der Waals surface area contributed by atoms with Crippen molar-refractivity contribution in [2.24, 2.45) is 5.92 Å². The van der Waals surface area contributed by atoms with Crippen LogP contribution in [0.25, 0.3) is 10.2 Å². The first-order valence-electron chi connectivity index (χ1n) is 8.64. The van der Waals surface area contributed by atoms with Gasteiger partial charge in [0.1, 0.15) is 5.60 Å². The Morgan fingerprint density at radius 2 is 2.24 bits per heavy atom. The van der Waals surface area contributed by atoms with Crippen LogP contribution in [0.3, 0.4) is 0 Å². The van der Waals surface area contributed by atoms with Crippen LogP contribution >= 0.6 is 23.6 Å². The molecule has 4 heterocycles. The molecule has 3 fully saturated rings. The van der Waals surface area contributed by atoms with E-state index < -0.39 is 5.60 Å². The fourth-order valence-electron chi connectivity index (χ4n) is 4.11. The quantitative estimate of drug-likeness (QED) is 0.567. The number of nitrogens with one attached hydrogen (secondary N) is 2. The van der Waals surface area contributed by atoms with Gasteiger partial charge in [0.15, 0.2) is 10.2 Å². The highest BCUT2D eigenvalue weighted by atomic mass is 32.1. The highest BCUT2D eigenvalue weighted by molar-refractivity contribution is 7.80. The van der Waals surface area contributed by atoms with E-state index >= 15 is 0 Å². The molecule has 0 amide bonds. The number of thiazole rings is 1. The van der Waals surface area contributed by atoms with Crippen LogP contribution in [0.2, 0.25) is 0 Å². The number of hydrogen-bond donors (Lipinski definition) is 3. The van der Waals surface area contributed by atoms with Crippen molar-refractivity contribution in [2.75, 3.05) is 31.5 Å². The molecule has 0 spiro atoms. The molecule has 25 heavy (non-hydrogen) atoms. The zero-order valence-corrected chi connectivity index (χ0v) is 15.9. The summed E-state index contributed by atoms with van der Waals surface area (Å²) in [6.07, 6.45) is 1.96. The van der Waals surface area contributed by atoms with Gasteiger partial charge in [0.05, 0.1) is 23.3 Å². The Labute approximate surface area is 158 Å². The van der Waals surface area contributed by atoms with E-state index in [9.17, 15) is 5.11 Å². The second kappa shape index (κ2) is 6.19.